The summed E-state index contributed by atoms with van der Waals surface area (Å²) in [4.78, 5) is 8.36. The van der Waals surface area contributed by atoms with Gasteiger partial charge in [0.05, 0.1) is 12.7 Å². The quantitative estimate of drug-likeness (QED) is 0.186. The van der Waals surface area contributed by atoms with Crippen molar-refractivity contribution in [3.63, 3.8) is 0 Å². The maximum absolute atomic E-state index is 9.21. The number of hydrogen-bond donors (Lipinski definition) is 7. The van der Waals surface area contributed by atoms with E-state index in [1.165, 1.54) is 0 Å². The Kier molecular flexibility index (Phi) is 10.9. The number of aliphatic hydroxyl groups excluding tert-OH is 5. The zero-order valence-corrected chi connectivity index (χ0v) is 9.17. The largest absolute Gasteiger partial charge is 0.394 e. The molecule has 4 atom stereocenters. The van der Waals surface area contributed by atoms with Crippen molar-refractivity contribution >= 4 is 0 Å². The zero-order chi connectivity index (χ0) is 14.0. The van der Waals surface area contributed by atoms with E-state index in [9.17, 15) is 5.11 Å². The lowest BCUT2D eigenvalue weighted by molar-refractivity contribution is -0.742. The van der Waals surface area contributed by atoms with Crippen molar-refractivity contribution in [1.82, 2.24) is 5.32 Å². The van der Waals surface area contributed by atoms with Crippen LogP contribution in [0.3, 0.4) is 0 Å². The number of rotatable bonds is 6. The summed E-state index contributed by atoms with van der Waals surface area (Å²) in [6.45, 7) is -0.569. The Balaban J connectivity index is 0. The average Bonchev–Trinajstić information content (AvgIpc) is 2.25. The Bertz CT molecular complexity index is 200. The first-order valence-corrected chi connectivity index (χ1v) is 4.58. The first-order chi connectivity index (χ1) is 7.77. The van der Waals surface area contributed by atoms with Gasteiger partial charge >= 0.3 is 0 Å². The van der Waals surface area contributed by atoms with Crippen molar-refractivity contribution in [2.24, 2.45) is 0 Å². The summed E-state index contributed by atoms with van der Waals surface area (Å²) in [5.41, 5.74) is 0. The van der Waals surface area contributed by atoms with Crippen molar-refractivity contribution in [2.45, 2.75) is 24.4 Å². The number of hydrogen-bond acceptors (Lipinski definition) is 8. The van der Waals surface area contributed by atoms with Crippen LogP contribution in [0.25, 0.3) is 0 Å². The van der Waals surface area contributed by atoms with Crippen molar-refractivity contribution in [3.8, 4) is 0 Å². The molecule has 0 fully saturated rings. The van der Waals surface area contributed by atoms with E-state index in [1.807, 2.05) is 0 Å². The van der Waals surface area contributed by atoms with Crippen LogP contribution in [-0.4, -0.2) is 80.4 Å². The Morgan fingerprint density at radius 3 is 1.82 bits per heavy atom. The third-order valence-corrected chi connectivity index (χ3v) is 1.74. The monoisotopic (exact) mass is 258 g/mol. The molecule has 0 aromatic rings. The van der Waals surface area contributed by atoms with E-state index in [0.29, 0.717) is 0 Å². The first-order valence-electron chi connectivity index (χ1n) is 4.58. The summed E-state index contributed by atoms with van der Waals surface area (Å²) >= 11 is 0. The molecule has 0 saturated carbocycles. The van der Waals surface area contributed by atoms with Crippen LogP contribution >= 0.6 is 0 Å². The lowest BCUT2D eigenvalue weighted by Gasteiger charge is -2.25. The highest BCUT2D eigenvalue weighted by molar-refractivity contribution is 4.81. The molecule has 0 unspecified atom stereocenters. The normalized spacial score (nSPS) is 17.3. The second-order valence-electron chi connectivity index (χ2n) is 3.09. The SMILES string of the molecule is CNC[C@H](O)[C@@H](O)[C@H](O)[C@H](O)CO.O=[N+]([O-])O. The zero-order valence-electron chi connectivity index (χ0n) is 9.17. The van der Waals surface area contributed by atoms with Crippen LogP contribution < -0.4 is 5.32 Å². The Labute approximate surface area is 96.9 Å². The van der Waals surface area contributed by atoms with Gasteiger partial charge in [-0.25, -0.2) is 0 Å². The van der Waals surface area contributed by atoms with Gasteiger partial charge in [-0.2, -0.15) is 0 Å². The number of aliphatic hydroxyl groups is 5. The molecule has 0 heterocycles. The van der Waals surface area contributed by atoms with Crippen LogP contribution in [0, 0.1) is 10.1 Å². The highest BCUT2D eigenvalue weighted by Crippen LogP contribution is 2.04. The van der Waals surface area contributed by atoms with Gasteiger partial charge in [0, 0.05) is 6.54 Å². The predicted molar refractivity (Wildman–Crippen MR) is 53.8 cm³/mol. The van der Waals surface area contributed by atoms with Gasteiger partial charge < -0.3 is 36.1 Å². The average molecular weight is 258 g/mol. The van der Waals surface area contributed by atoms with Crippen molar-refractivity contribution in [2.75, 3.05) is 20.2 Å². The standard InChI is InChI=1S/C7H17NO5.HNO3/c1-8-2-4(10)6(12)7(13)5(11)3-9;2-1(3)4/h4-13H,2-3H2,1H3;(H,2,3,4)/t4-,5+,6+,7+;/m0./s1. The molecule has 0 amide bonds. The molecule has 10 nitrogen and oxygen atoms in total. The second-order valence-corrected chi connectivity index (χ2v) is 3.09. The highest BCUT2D eigenvalue weighted by Gasteiger charge is 2.29. The minimum absolute atomic E-state index is 0.0936. The molecular formula is C7H18N2O8. The second kappa shape index (κ2) is 10.1. The molecule has 0 aromatic heterocycles. The summed E-state index contributed by atoms with van der Waals surface area (Å²) in [5.74, 6) is 0. The van der Waals surface area contributed by atoms with Crippen LogP contribution in [0.5, 0.6) is 0 Å². The molecule has 0 radical (unpaired) electrons. The van der Waals surface area contributed by atoms with Crippen molar-refractivity contribution < 1.29 is 35.8 Å². The van der Waals surface area contributed by atoms with E-state index in [1.54, 1.807) is 7.05 Å². The van der Waals surface area contributed by atoms with E-state index in [4.69, 9.17) is 35.7 Å². The molecule has 0 spiro atoms. The fourth-order valence-electron chi connectivity index (χ4n) is 0.893. The van der Waals surface area contributed by atoms with E-state index >= 15 is 0 Å². The topological polar surface area (TPSA) is 177 Å². The maximum Gasteiger partial charge on any atom is 0.291 e. The van der Waals surface area contributed by atoms with Gasteiger partial charge in [-0.15, -0.1) is 10.1 Å². The predicted octanol–water partition coefficient (Wildman–Crippen LogP) is -3.71. The molecule has 0 aliphatic heterocycles. The molecule has 0 aliphatic rings. The van der Waals surface area contributed by atoms with Crippen LogP contribution in [0.1, 0.15) is 0 Å². The molecule has 104 valence electrons. The fraction of sp³-hybridized carbons (Fsp3) is 1.00. The third-order valence-electron chi connectivity index (χ3n) is 1.74. The Morgan fingerprint density at radius 1 is 1.18 bits per heavy atom. The fourth-order valence-corrected chi connectivity index (χ4v) is 0.893. The van der Waals surface area contributed by atoms with E-state index in [0.717, 1.165) is 0 Å². The van der Waals surface area contributed by atoms with Crippen molar-refractivity contribution in [3.05, 3.63) is 10.1 Å². The van der Waals surface area contributed by atoms with Crippen molar-refractivity contribution in [1.29, 1.82) is 0 Å². The minimum Gasteiger partial charge on any atom is -0.394 e. The molecule has 10 heteroatoms. The smallest absolute Gasteiger partial charge is 0.291 e. The molecule has 7 N–H and O–H groups in total. The van der Waals surface area contributed by atoms with Gasteiger partial charge in [0.2, 0.25) is 0 Å². The number of likely N-dealkylation sites (N-methyl/N-ethyl adjacent to an activating group) is 1. The van der Waals surface area contributed by atoms with Gasteiger partial charge in [-0.3, -0.25) is 0 Å². The molecule has 0 rings (SSSR count). The van der Waals surface area contributed by atoms with Crippen LogP contribution in [0.2, 0.25) is 0 Å². The highest BCUT2D eigenvalue weighted by atomic mass is 16.9. The molecule has 0 saturated heterocycles. The van der Waals surface area contributed by atoms with Gasteiger partial charge in [0.15, 0.2) is 0 Å². The van der Waals surface area contributed by atoms with E-state index in [-0.39, 0.29) is 6.54 Å². The first kappa shape index (κ1) is 18.3. The van der Waals surface area contributed by atoms with Gasteiger partial charge in [0.25, 0.3) is 5.09 Å². The van der Waals surface area contributed by atoms with Crippen LogP contribution in [-0.2, 0) is 0 Å². The summed E-state index contributed by atoms with van der Waals surface area (Å²) in [6.07, 6.45) is -5.65. The molecule has 0 bridgehead atoms. The van der Waals surface area contributed by atoms with Gasteiger partial charge in [-0.05, 0) is 7.05 Å². The maximum atomic E-state index is 9.21. The number of nitrogens with one attached hydrogen (secondary N) is 1. The van der Waals surface area contributed by atoms with Crippen LogP contribution in [0.15, 0.2) is 0 Å². The molecule has 17 heavy (non-hydrogen) atoms. The minimum atomic E-state index is -1.55. The summed E-state index contributed by atoms with van der Waals surface area (Å²) < 4.78 is 0. The van der Waals surface area contributed by atoms with E-state index in [2.05, 4.69) is 5.32 Å². The lowest BCUT2D eigenvalue weighted by atomic mass is 10.0. The summed E-state index contributed by atoms with van der Waals surface area (Å²) in [6, 6.07) is 0. The molecule has 0 aliphatic carbocycles. The number of nitrogens with zero attached hydrogens (tertiary/aromatic N) is 1. The molecule has 0 aromatic carbocycles. The summed E-state index contributed by atoms with van der Waals surface area (Å²) in [5, 5.41) is 61.1. The van der Waals surface area contributed by atoms with E-state index < -0.39 is 36.1 Å². The summed E-state index contributed by atoms with van der Waals surface area (Å²) in [7, 11) is 1.57. The van der Waals surface area contributed by atoms with Gasteiger partial charge in [-0.1, -0.05) is 0 Å². The van der Waals surface area contributed by atoms with Gasteiger partial charge in [0.1, 0.15) is 18.3 Å². The Hall–Kier alpha value is -1.04. The molecular weight excluding hydrogens is 240 g/mol. The lowest BCUT2D eigenvalue weighted by Crippen LogP contribution is -2.48. The Morgan fingerprint density at radius 2 is 1.53 bits per heavy atom. The third kappa shape index (κ3) is 9.86. The van der Waals surface area contributed by atoms with Crippen LogP contribution in [0.4, 0.5) is 0 Å².